The third kappa shape index (κ3) is 3.06. The Bertz CT molecular complexity index is 708. The van der Waals surface area contributed by atoms with Crippen molar-refractivity contribution >= 4 is 0 Å². The van der Waals surface area contributed by atoms with Crippen LogP contribution in [0.4, 0.5) is 8.78 Å². The molecule has 3 aromatic rings. The first kappa shape index (κ1) is 14.5. The first-order valence-corrected chi connectivity index (χ1v) is 7.31. The quantitative estimate of drug-likeness (QED) is 0.567. The van der Waals surface area contributed by atoms with Gasteiger partial charge < -0.3 is 0 Å². The van der Waals surface area contributed by atoms with Crippen LogP contribution in [0.3, 0.4) is 0 Å². The number of hydrogen-bond donors (Lipinski definition) is 0. The highest BCUT2D eigenvalue weighted by atomic mass is 19.1. The van der Waals surface area contributed by atoms with E-state index in [0.29, 0.717) is 0 Å². The number of halogens is 2. The van der Waals surface area contributed by atoms with E-state index in [2.05, 4.69) is 25.1 Å². The van der Waals surface area contributed by atoms with Crippen LogP contribution in [0, 0.1) is 11.6 Å². The summed E-state index contributed by atoms with van der Waals surface area (Å²) in [5.41, 5.74) is 5.22. The van der Waals surface area contributed by atoms with Gasteiger partial charge in [0.05, 0.1) is 0 Å². The second-order valence-corrected chi connectivity index (χ2v) is 5.29. The summed E-state index contributed by atoms with van der Waals surface area (Å²) in [7, 11) is 0. The lowest BCUT2D eigenvalue weighted by Crippen LogP contribution is -1.88. The smallest absolute Gasteiger partial charge is 0.123 e. The van der Waals surface area contributed by atoms with Gasteiger partial charge in [0.25, 0.3) is 0 Å². The summed E-state index contributed by atoms with van der Waals surface area (Å²) in [6.07, 6.45) is 0.906. The fourth-order valence-corrected chi connectivity index (χ4v) is 2.51. The van der Waals surface area contributed by atoms with Gasteiger partial charge >= 0.3 is 0 Å². The summed E-state index contributed by atoms with van der Waals surface area (Å²) in [4.78, 5) is 0. The van der Waals surface area contributed by atoms with Crippen molar-refractivity contribution in [2.45, 2.75) is 13.3 Å². The van der Waals surface area contributed by atoms with E-state index >= 15 is 0 Å². The first-order chi connectivity index (χ1) is 10.7. The van der Waals surface area contributed by atoms with E-state index in [1.807, 2.05) is 0 Å². The van der Waals surface area contributed by atoms with Gasteiger partial charge in [-0.25, -0.2) is 8.78 Å². The van der Waals surface area contributed by atoms with Gasteiger partial charge in [-0.3, -0.25) is 0 Å². The van der Waals surface area contributed by atoms with E-state index in [4.69, 9.17) is 0 Å². The Kier molecular flexibility index (Phi) is 4.01. The molecule has 0 aliphatic rings. The van der Waals surface area contributed by atoms with Crippen molar-refractivity contribution in [2.24, 2.45) is 0 Å². The van der Waals surface area contributed by atoms with Gasteiger partial charge in [-0.05, 0) is 64.6 Å². The molecule has 0 radical (unpaired) electrons. The molecule has 0 atom stereocenters. The highest BCUT2D eigenvalue weighted by Gasteiger charge is 2.05. The lowest BCUT2D eigenvalue weighted by atomic mass is 9.95. The predicted molar refractivity (Wildman–Crippen MR) is 86.6 cm³/mol. The normalized spacial score (nSPS) is 10.7. The molecule has 0 bridgehead atoms. The molecule has 3 aromatic carbocycles. The Balaban J connectivity index is 2.10. The molecule has 0 saturated heterocycles. The summed E-state index contributed by atoms with van der Waals surface area (Å²) in [5, 5.41) is 0. The number of hydrogen-bond acceptors (Lipinski definition) is 0. The van der Waals surface area contributed by atoms with Crippen LogP contribution in [-0.2, 0) is 6.42 Å². The molecule has 0 N–H and O–H groups in total. The maximum atomic E-state index is 13.1. The van der Waals surface area contributed by atoms with E-state index in [-0.39, 0.29) is 11.6 Å². The summed E-state index contributed by atoms with van der Waals surface area (Å²) >= 11 is 0. The fraction of sp³-hybridized carbons (Fsp3) is 0.100. The van der Waals surface area contributed by atoms with Crippen LogP contribution in [-0.4, -0.2) is 0 Å². The second kappa shape index (κ2) is 6.10. The van der Waals surface area contributed by atoms with Crippen LogP contribution < -0.4 is 0 Å². The van der Waals surface area contributed by atoms with Crippen LogP contribution in [0.5, 0.6) is 0 Å². The third-order valence-electron chi connectivity index (χ3n) is 3.76. The maximum absolute atomic E-state index is 13.1. The van der Waals surface area contributed by atoms with Crippen molar-refractivity contribution < 1.29 is 8.78 Å². The lowest BCUT2D eigenvalue weighted by Gasteiger charge is -2.10. The van der Waals surface area contributed by atoms with Crippen molar-refractivity contribution in [1.82, 2.24) is 0 Å². The molecule has 0 heterocycles. The highest BCUT2D eigenvalue weighted by Crippen LogP contribution is 2.29. The molecular weight excluding hydrogens is 278 g/mol. The Hall–Kier alpha value is -2.48. The zero-order chi connectivity index (χ0) is 15.5. The standard InChI is InChI=1S/C20H16F2/c1-2-14-11-17(15-3-7-19(21)8-4-15)13-18(12-14)16-5-9-20(22)10-6-16/h3-13H,2H2,1H3. The fourth-order valence-electron chi connectivity index (χ4n) is 2.51. The Morgan fingerprint density at radius 2 is 1.00 bits per heavy atom. The minimum Gasteiger partial charge on any atom is -0.207 e. The first-order valence-electron chi connectivity index (χ1n) is 7.31. The molecule has 0 aliphatic carbocycles. The molecule has 110 valence electrons. The number of rotatable bonds is 3. The van der Waals surface area contributed by atoms with Crippen molar-refractivity contribution in [1.29, 1.82) is 0 Å². The van der Waals surface area contributed by atoms with E-state index in [9.17, 15) is 8.78 Å². The number of benzene rings is 3. The summed E-state index contributed by atoms with van der Waals surface area (Å²) in [6, 6.07) is 19.2. The van der Waals surface area contributed by atoms with Crippen LogP contribution in [0.2, 0.25) is 0 Å². The van der Waals surface area contributed by atoms with Gasteiger partial charge in [-0.15, -0.1) is 0 Å². The van der Waals surface area contributed by atoms with E-state index in [1.165, 1.54) is 29.8 Å². The summed E-state index contributed by atoms with van der Waals surface area (Å²) in [5.74, 6) is -0.483. The van der Waals surface area contributed by atoms with Gasteiger partial charge in [0.2, 0.25) is 0 Å². The molecule has 0 amide bonds. The minimum atomic E-state index is -0.242. The number of aryl methyl sites for hydroxylation is 1. The molecule has 2 heteroatoms. The Morgan fingerprint density at radius 1 is 0.591 bits per heavy atom. The average molecular weight is 294 g/mol. The molecule has 0 aliphatic heterocycles. The van der Waals surface area contributed by atoms with Crippen molar-refractivity contribution in [3.05, 3.63) is 83.9 Å². The zero-order valence-electron chi connectivity index (χ0n) is 12.3. The molecule has 0 nitrogen and oxygen atoms in total. The van der Waals surface area contributed by atoms with Gasteiger partial charge in [0.15, 0.2) is 0 Å². The molecule has 0 unspecified atom stereocenters. The van der Waals surface area contributed by atoms with E-state index in [1.54, 1.807) is 24.3 Å². The molecular formula is C20H16F2. The van der Waals surface area contributed by atoms with Gasteiger partial charge in [0, 0.05) is 0 Å². The van der Waals surface area contributed by atoms with Crippen molar-refractivity contribution in [3.63, 3.8) is 0 Å². The van der Waals surface area contributed by atoms with Gasteiger partial charge in [-0.2, -0.15) is 0 Å². The molecule has 0 aromatic heterocycles. The van der Waals surface area contributed by atoms with Crippen LogP contribution in [0.15, 0.2) is 66.7 Å². The van der Waals surface area contributed by atoms with Crippen molar-refractivity contribution in [2.75, 3.05) is 0 Å². The minimum absolute atomic E-state index is 0.242. The second-order valence-electron chi connectivity index (χ2n) is 5.29. The Morgan fingerprint density at radius 3 is 1.36 bits per heavy atom. The predicted octanol–water partition coefficient (Wildman–Crippen LogP) is 5.86. The topological polar surface area (TPSA) is 0 Å². The third-order valence-corrected chi connectivity index (χ3v) is 3.76. The molecule has 0 spiro atoms. The molecule has 0 saturated carbocycles. The summed E-state index contributed by atoms with van der Waals surface area (Å²) in [6.45, 7) is 2.10. The average Bonchev–Trinajstić information content (AvgIpc) is 2.55. The highest BCUT2D eigenvalue weighted by molar-refractivity contribution is 5.74. The van der Waals surface area contributed by atoms with Crippen LogP contribution in [0.25, 0.3) is 22.3 Å². The zero-order valence-corrected chi connectivity index (χ0v) is 12.3. The lowest BCUT2D eigenvalue weighted by molar-refractivity contribution is 0.627. The largest absolute Gasteiger partial charge is 0.207 e. The Labute approximate surface area is 129 Å². The molecule has 3 rings (SSSR count). The van der Waals surface area contributed by atoms with E-state index < -0.39 is 0 Å². The SMILES string of the molecule is CCc1cc(-c2ccc(F)cc2)cc(-c2ccc(F)cc2)c1. The molecule has 22 heavy (non-hydrogen) atoms. The molecule has 0 fully saturated rings. The maximum Gasteiger partial charge on any atom is 0.123 e. The monoisotopic (exact) mass is 294 g/mol. The van der Waals surface area contributed by atoms with E-state index in [0.717, 1.165) is 28.7 Å². The van der Waals surface area contributed by atoms with Gasteiger partial charge in [-0.1, -0.05) is 43.3 Å². The summed E-state index contributed by atoms with van der Waals surface area (Å²) < 4.78 is 26.2. The van der Waals surface area contributed by atoms with Crippen LogP contribution >= 0.6 is 0 Å². The van der Waals surface area contributed by atoms with Crippen molar-refractivity contribution in [3.8, 4) is 22.3 Å². The van der Waals surface area contributed by atoms with Crippen LogP contribution in [0.1, 0.15) is 12.5 Å². The van der Waals surface area contributed by atoms with Gasteiger partial charge in [0.1, 0.15) is 11.6 Å².